The average molecular weight is 724 g/mol. The van der Waals surface area contributed by atoms with Crippen LogP contribution in [0.4, 0.5) is 0 Å². The van der Waals surface area contributed by atoms with Gasteiger partial charge in [-0.3, -0.25) is 4.40 Å². The lowest BCUT2D eigenvalue weighted by atomic mass is 9.92. The molecule has 0 spiro atoms. The first-order valence-corrected chi connectivity index (χ1v) is 18.9. The summed E-state index contributed by atoms with van der Waals surface area (Å²) < 4.78 is 8.89. The largest absolute Gasteiger partial charge is 0.507 e. The summed E-state index contributed by atoms with van der Waals surface area (Å²) in [4.78, 5) is 10.7. The first-order valence-electron chi connectivity index (χ1n) is 18.9. The molecule has 4 heterocycles. The van der Waals surface area contributed by atoms with Crippen LogP contribution in [0, 0.1) is 20.8 Å². The molecule has 0 amide bonds. The average Bonchev–Trinajstić information content (AvgIpc) is 3.80. The Labute approximate surface area is 324 Å². The van der Waals surface area contributed by atoms with Crippen molar-refractivity contribution in [1.82, 2.24) is 14.4 Å². The molecule has 0 fully saturated rings. The summed E-state index contributed by atoms with van der Waals surface area (Å²) in [5.41, 5.74) is 16.5. The second kappa shape index (κ2) is 13.3. The van der Waals surface area contributed by atoms with Gasteiger partial charge in [0, 0.05) is 44.8 Å². The number of rotatable bonds is 6. The molecule has 56 heavy (non-hydrogen) atoms. The number of furan rings is 1. The molecule has 0 radical (unpaired) electrons. The minimum atomic E-state index is 0.190. The van der Waals surface area contributed by atoms with Gasteiger partial charge in [-0.1, -0.05) is 115 Å². The van der Waals surface area contributed by atoms with Crippen molar-refractivity contribution in [2.75, 3.05) is 0 Å². The van der Waals surface area contributed by atoms with Crippen LogP contribution >= 0.6 is 0 Å². The lowest BCUT2D eigenvalue weighted by molar-refractivity contribution is 0.479. The van der Waals surface area contributed by atoms with Gasteiger partial charge in [0.05, 0.1) is 22.8 Å². The Bertz CT molecular complexity index is 3120. The van der Waals surface area contributed by atoms with Crippen LogP contribution in [0.2, 0.25) is 0 Å². The Morgan fingerprint density at radius 3 is 2.04 bits per heavy atom. The molecule has 0 atom stereocenters. The number of hydrogen-bond donors (Lipinski definition) is 1. The second-order valence-electron chi connectivity index (χ2n) is 14.6. The van der Waals surface area contributed by atoms with Crippen LogP contribution < -0.4 is 0 Å². The molecule has 0 bridgehead atoms. The molecule has 10 rings (SSSR count). The Hall–Kier alpha value is -7.24. The summed E-state index contributed by atoms with van der Waals surface area (Å²) in [7, 11) is 0. The summed E-state index contributed by atoms with van der Waals surface area (Å²) in [5.74, 6) is 0.190. The molecule has 0 unspecified atom stereocenters. The predicted molar refractivity (Wildman–Crippen MR) is 229 cm³/mol. The van der Waals surface area contributed by atoms with Crippen LogP contribution in [0.1, 0.15) is 16.7 Å². The number of imidazole rings is 1. The van der Waals surface area contributed by atoms with E-state index < -0.39 is 0 Å². The van der Waals surface area contributed by atoms with Gasteiger partial charge >= 0.3 is 0 Å². The lowest BCUT2D eigenvalue weighted by Gasteiger charge is -2.16. The van der Waals surface area contributed by atoms with E-state index in [0.717, 1.165) is 100 Å². The lowest BCUT2D eigenvalue weighted by Crippen LogP contribution is -1.96. The third kappa shape index (κ3) is 5.56. The van der Waals surface area contributed by atoms with Crippen LogP contribution in [0.25, 0.3) is 94.9 Å². The van der Waals surface area contributed by atoms with Crippen molar-refractivity contribution < 1.29 is 9.52 Å². The van der Waals surface area contributed by atoms with Crippen LogP contribution in [0.3, 0.4) is 0 Å². The zero-order valence-corrected chi connectivity index (χ0v) is 31.3. The van der Waals surface area contributed by atoms with E-state index in [2.05, 4.69) is 116 Å². The molecule has 0 saturated carbocycles. The standard InChI is InChI=1S/C51H37N3O2/c1-31-14-11-19-35(26-31)38-21-13-22-40(50(38)55)43-29-36(47-32(2)15-12-16-33(47)3)30-44(52-43)42-28-37(27-41-39-20-7-8-23-45(39)56-51(41)42)48-49(34-17-5-4-6-18-34)54-25-10-9-24-46(54)53-48/h4-30,55H,1-3H3. The highest BCUT2D eigenvalue weighted by molar-refractivity contribution is 6.11. The molecule has 5 heteroatoms. The van der Waals surface area contributed by atoms with Gasteiger partial charge in [-0.15, -0.1) is 0 Å². The van der Waals surface area contributed by atoms with Gasteiger partial charge in [0.25, 0.3) is 0 Å². The zero-order chi connectivity index (χ0) is 37.9. The molecule has 0 aliphatic heterocycles. The molecule has 4 aromatic heterocycles. The van der Waals surface area contributed by atoms with E-state index in [-0.39, 0.29) is 5.75 Å². The highest BCUT2D eigenvalue weighted by atomic mass is 16.3. The fourth-order valence-electron chi connectivity index (χ4n) is 8.24. The monoisotopic (exact) mass is 723 g/mol. The zero-order valence-electron chi connectivity index (χ0n) is 31.3. The molecule has 1 N–H and O–H groups in total. The molecule has 0 aliphatic rings. The first-order chi connectivity index (χ1) is 27.4. The molecule has 268 valence electrons. The van der Waals surface area contributed by atoms with Gasteiger partial charge in [-0.2, -0.15) is 0 Å². The van der Waals surface area contributed by atoms with Gasteiger partial charge < -0.3 is 9.52 Å². The topological polar surface area (TPSA) is 63.6 Å². The number of phenols is 1. The maximum atomic E-state index is 12.0. The summed E-state index contributed by atoms with van der Waals surface area (Å²) in [6.45, 7) is 6.35. The number of hydrogen-bond acceptors (Lipinski definition) is 4. The van der Waals surface area contributed by atoms with Crippen LogP contribution in [0.5, 0.6) is 5.75 Å². The Morgan fingerprint density at radius 2 is 1.21 bits per heavy atom. The van der Waals surface area contributed by atoms with Crippen molar-refractivity contribution >= 4 is 27.6 Å². The van der Waals surface area contributed by atoms with Crippen LogP contribution in [-0.4, -0.2) is 19.5 Å². The first kappa shape index (κ1) is 33.3. The van der Waals surface area contributed by atoms with E-state index in [9.17, 15) is 5.11 Å². The minimum absolute atomic E-state index is 0.190. The maximum Gasteiger partial charge on any atom is 0.144 e. The number of benzene rings is 6. The van der Waals surface area contributed by atoms with Gasteiger partial charge in [0.2, 0.25) is 0 Å². The normalized spacial score (nSPS) is 11.6. The molecule has 10 aromatic rings. The van der Waals surface area contributed by atoms with Crippen molar-refractivity contribution in [3.63, 3.8) is 0 Å². The molecular weight excluding hydrogens is 687 g/mol. The van der Waals surface area contributed by atoms with Gasteiger partial charge in [-0.05, 0) is 97.1 Å². The minimum Gasteiger partial charge on any atom is -0.507 e. The van der Waals surface area contributed by atoms with Crippen molar-refractivity contribution in [3.05, 3.63) is 181 Å². The Balaban J connectivity index is 1.28. The van der Waals surface area contributed by atoms with Crippen molar-refractivity contribution in [3.8, 4) is 73.0 Å². The SMILES string of the molecule is Cc1cccc(-c2cccc(-c3cc(-c4c(C)cccc4C)cc(-c4cc(-c5nc6ccccn6c5-c5ccccc5)cc5c4oc4ccccc45)n3)c2O)c1. The Morgan fingerprint density at radius 1 is 0.518 bits per heavy atom. The van der Waals surface area contributed by atoms with E-state index in [1.165, 1.54) is 0 Å². The van der Waals surface area contributed by atoms with E-state index in [4.69, 9.17) is 14.4 Å². The smallest absolute Gasteiger partial charge is 0.144 e. The van der Waals surface area contributed by atoms with E-state index >= 15 is 0 Å². The Kier molecular flexibility index (Phi) is 7.89. The van der Waals surface area contributed by atoms with E-state index in [1.54, 1.807) is 0 Å². The second-order valence-corrected chi connectivity index (χ2v) is 14.6. The molecule has 6 aromatic carbocycles. The summed E-state index contributed by atoms with van der Waals surface area (Å²) >= 11 is 0. The number of fused-ring (bicyclic) bond motifs is 4. The third-order valence-electron chi connectivity index (χ3n) is 10.8. The highest BCUT2D eigenvalue weighted by Crippen LogP contribution is 2.45. The summed E-state index contributed by atoms with van der Waals surface area (Å²) in [6.07, 6.45) is 2.07. The van der Waals surface area contributed by atoms with Crippen molar-refractivity contribution in [2.45, 2.75) is 20.8 Å². The van der Waals surface area contributed by atoms with E-state index in [1.807, 2.05) is 72.8 Å². The quantitative estimate of drug-likeness (QED) is 0.185. The summed E-state index contributed by atoms with van der Waals surface area (Å²) in [5, 5.41) is 14.0. The number of aryl methyl sites for hydroxylation is 3. The highest BCUT2D eigenvalue weighted by Gasteiger charge is 2.23. The number of aromatic nitrogens is 3. The fraction of sp³-hybridized carbons (Fsp3) is 0.0588. The van der Waals surface area contributed by atoms with Crippen LogP contribution in [0.15, 0.2) is 168 Å². The number of pyridine rings is 2. The molecule has 0 saturated heterocycles. The van der Waals surface area contributed by atoms with Crippen molar-refractivity contribution in [1.29, 1.82) is 0 Å². The van der Waals surface area contributed by atoms with Crippen LogP contribution in [-0.2, 0) is 0 Å². The van der Waals surface area contributed by atoms with E-state index in [0.29, 0.717) is 11.3 Å². The summed E-state index contributed by atoms with van der Waals surface area (Å²) in [6, 6.07) is 53.8. The van der Waals surface area contributed by atoms with Crippen molar-refractivity contribution in [2.24, 2.45) is 0 Å². The molecule has 5 nitrogen and oxygen atoms in total. The third-order valence-corrected chi connectivity index (χ3v) is 10.8. The fourth-order valence-corrected chi connectivity index (χ4v) is 8.24. The number of nitrogens with zero attached hydrogens (tertiary/aromatic N) is 3. The van der Waals surface area contributed by atoms with Gasteiger partial charge in [-0.25, -0.2) is 9.97 Å². The van der Waals surface area contributed by atoms with Gasteiger partial charge in [0.15, 0.2) is 0 Å². The number of para-hydroxylation sites is 2. The molecule has 0 aliphatic carbocycles. The van der Waals surface area contributed by atoms with Gasteiger partial charge in [0.1, 0.15) is 22.6 Å². The number of phenolic OH excluding ortho intramolecular Hbond substituents is 1. The predicted octanol–water partition coefficient (Wildman–Crippen LogP) is 13.3. The molecular formula is C51H37N3O2. The number of aromatic hydroxyl groups is 1. The maximum absolute atomic E-state index is 12.0.